The molecule has 116 heavy (non-hydrogen) atoms. The largest absolute Gasteiger partial charge is 0.458 e. The fourth-order valence-electron chi connectivity index (χ4n) is 13.4. The summed E-state index contributed by atoms with van der Waals surface area (Å²) in [4.78, 5) is 218. The van der Waals surface area contributed by atoms with Gasteiger partial charge >= 0.3 is 5.97 Å². The number of likely N-dealkylation sites (tertiary alicyclic amines) is 1. The maximum atomic E-state index is 15.1. The second kappa shape index (κ2) is 48.0. The fraction of sp³-hybridized carbons (Fsp3) is 0.655. The number of aliphatic hydroxyl groups is 1. The molecular weight excluding hydrogens is 1490 g/mol. The highest BCUT2D eigenvalue weighted by molar-refractivity contribution is 6.03. The molecule has 2 fully saturated rings. The van der Waals surface area contributed by atoms with Crippen LogP contribution in [0.5, 0.6) is 0 Å². The molecule has 4 rings (SSSR count). The predicted molar refractivity (Wildman–Crippen MR) is 437 cm³/mol. The molecule has 16 N–H and O–H groups in total. The summed E-state index contributed by atoms with van der Waals surface area (Å²) in [5.41, 5.74) is 7.10. The van der Waals surface area contributed by atoms with Crippen LogP contribution in [0.2, 0.25) is 0 Å². The minimum Gasteiger partial charge on any atom is -0.458 e. The Morgan fingerprint density at radius 3 is 1.60 bits per heavy atom. The molecule has 0 aliphatic carbocycles. The summed E-state index contributed by atoms with van der Waals surface area (Å²) in [7, 11) is 0. The number of aliphatic hydroxyl groups excluding tert-OH is 1. The summed E-state index contributed by atoms with van der Waals surface area (Å²) in [6.07, 6.45) is 0.962. The Morgan fingerprint density at radius 2 is 1.08 bits per heavy atom. The molecule has 0 aromatic heterocycles. The van der Waals surface area contributed by atoms with Crippen LogP contribution < -0.4 is 74.9 Å². The Labute approximate surface area is 684 Å². The maximum Gasteiger partial charge on any atom is 0.329 e. The minimum absolute atomic E-state index is 0.0418. The van der Waals surface area contributed by atoms with Crippen LogP contribution in [-0.2, 0) is 89.5 Å². The number of esters is 1. The van der Waals surface area contributed by atoms with Gasteiger partial charge in [0.15, 0.2) is 0 Å². The van der Waals surface area contributed by atoms with Gasteiger partial charge in [-0.2, -0.15) is 0 Å². The molecule has 2 saturated heterocycles. The molecule has 18 atom stereocenters. The van der Waals surface area contributed by atoms with Crippen LogP contribution in [0, 0.1) is 47.3 Å². The van der Waals surface area contributed by atoms with E-state index in [1.54, 1.807) is 152 Å². The number of nitrogens with one attached hydrogen (secondary N) is 13. The molecule has 14 amide bonds. The molecule has 646 valence electrons. The molecule has 0 radical (unpaired) electrons. The van der Waals surface area contributed by atoms with Gasteiger partial charge in [-0.05, 0) is 118 Å². The Kier molecular flexibility index (Phi) is 40.8. The van der Waals surface area contributed by atoms with Crippen LogP contribution in [0.4, 0.5) is 0 Å². The summed E-state index contributed by atoms with van der Waals surface area (Å²) < 4.78 is 5.97. The first-order valence-electron chi connectivity index (χ1n) is 41.2. The summed E-state index contributed by atoms with van der Waals surface area (Å²) >= 11 is 0. The van der Waals surface area contributed by atoms with E-state index in [0.717, 1.165) is 12.0 Å². The molecule has 2 aromatic carbocycles. The molecular formula is C84H133N15O17. The van der Waals surface area contributed by atoms with Crippen molar-refractivity contribution < 1.29 is 81.8 Å². The van der Waals surface area contributed by atoms with Crippen LogP contribution in [0.3, 0.4) is 0 Å². The predicted octanol–water partition coefficient (Wildman–Crippen LogP) is 2.56. The lowest BCUT2D eigenvalue weighted by atomic mass is 9.95. The van der Waals surface area contributed by atoms with E-state index in [9.17, 15) is 67.4 Å². The monoisotopic (exact) mass is 1620 g/mol. The number of benzene rings is 2. The summed E-state index contributed by atoms with van der Waals surface area (Å²) in [6.45, 7) is 31.5. The van der Waals surface area contributed by atoms with Gasteiger partial charge in [0.05, 0.1) is 6.10 Å². The van der Waals surface area contributed by atoms with Crippen molar-refractivity contribution >= 4 is 88.7 Å². The highest BCUT2D eigenvalue weighted by atomic mass is 16.5. The van der Waals surface area contributed by atoms with Gasteiger partial charge in [0, 0.05) is 25.8 Å². The third-order valence-corrected chi connectivity index (χ3v) is 21.5. The average molecular weight is 1630 g/mol. The molecule has 2 aliphatic rings. The Morgan fingerprint density at radius 1 is 0.560 bits per heavy atom. The lowest BCUT2D eigenvalue weighted by Crippen LogP contribution is -2.64. The number of ether oxygens (including phenoxy) is 1. The lowest BCUT2D eigenvalue weighted by Gasteiger charge is -2.34. The Hall–Kier alpha value is -9.85. The number of nitrogens with two attached hydrogens (primary N) is 1. The number of carbonyl (C=O) groups is 15. The van der Waals surface area contributed by atoms with E-state index in [4.69, 9.17) is 10.5 Å². The van der Waals surface area contributed by atoms with Crippen LogP contribution in [0.1, 0.15) is 200 Å². The average Bonchev–Trinajstić information content (AvgIpc) is 1.55. The normalized spacial score (nSPS) is 22.0. The van der Waals surface area contributed by atoms with E-state index >= 15 is 9.59 Å². The number of carbonyl (C=O) groups excluding carboxylic acids is 15. The van der Waals surface area contributed by atoms with E-state index in [2.05, 4.69) is 69.1 Å². The smallest absolute Gasteiger partial charge is 0.329 e. The molecule has 0 bridgehead atoms. The first kappa shape index (κ1) is 98.5. The SMILES string of the molecule is C/C=C1\NC(=O)[C@H](Cc2ccccc2)NC(=O)[C@@H](C(C)C)NC(=O)C([C@H](C)CC)NC(=O)C(NC(=O)[C@H](NC(=O)[C@H](CCCN)NC(=O)[C@H]2CCCN2C(=O)[C@H](NC(=O)[C@@H](NC(=O)[C@@H](NC(=O)[C@H](NC(=O)[C@@H](Cc2ccccc2)NC(=O)CCC(C)CC)C(C)C)[C@@H](C)O)C(C)C)C(C)C)[C@@H](C)CC)C(C)OC(=O)[C@H](C(C)C)NC1=O. The van der Waals surface area contributed by atoms with Crippen molar-refractivity contribution in [1.29, 1.82) is 0 Å². The Balaban J connectivity index is 1.61. The number of cyclic esters (lactones) is 1. The molecule has 0 spiro atoms. The standard InChI is InChI=1S/C84H133N15O17/c1-20-49(15)38-39-61(101)86-58(42-54-32-26-24-27-33-54)74(105)90-63(45(7)8)78(109)97-69(52(18)100)81(112)92-64(46(9)10)77(108)93-65(47(11)12)83(114)99-41-31-37-60(99)75(106)88-57(36-30-40-85)72(103)95-67(50(16)21-2)80(111)98-70-53(19)116-84(115)66(48(13)14)94-71(102)56(23-4)87-73(104)59(43-55-34-28-25-29-35-55)89-76(107)62(44(5)6)91-79(110)68(51(17)22-3)96-82(70)113/h23-29,32-35,44-53,57-60,62-70,100H,20-22,30-31,36-43,85H2,1-19H3,(H,86,101)(H,87,104)(H,88,106)(H,89,107)(H,90,105)(H,91,110)(H,92,112)(H,93,108)(H,94,102)(H,95,103)(H,96,113)(H,97,109)(H,98,111)/b56-23-/t49?,50-,51+,52+,53?,57-,58+,59-,60+,62+,63+,64-,65+,66-,67+,68?,69-,70?/m0/s1. The number of rotatable bonds is 37. The second-order valence-electron chi connectivity index (χ2n) is 32.7. The number of hydrogen-bond donors (Lipinski definition) is 15. The van der Waals surface area contributed by atoms with Crippen LogP contribution in [-0.4, -0.2) is 203 Å². The number of allylic oxidation sites excluding steroid dienone is 1. The van der Waals surface area contributed by atoms with E-state index in [-0.39, 0.29) is 75.6 Å². The van der Waals surface area contributed by atoms with Gasteiger partial charge in [-0.15, -0.1) is 0 Å². The minimum atomic E-state index is -1.84. The van der Waals surface area contributed by atoms with Gasteiger partial charge in [-0.3, -0.25) is 67.1 Å². The van der Waals surface area contributed by atoms with E-state index < -0.39 is 215 Å². The molecule has 32 nitrogen and oxygen atoms in total. The van der Waals surface area contributed by atoms with Crippen molar-refractivity contribution in [1.82, 2.24) is 74.0 Å². The third-order valence-electron chi connectivity index (χ3n) is 21.5. The highest BCUT2D eigenvalue weighted by Gasteiger charge is 2.45. The van der Waals surface area contributed by atoms with Gasteiger partial charge in [0.25, 0.3) is 5.91 Å². The molecule has 2 heterocycles. The molecule has 2 aliphatic heterocycles. The molecule has 2 aromatic rings. The van der Waals surface area contributed by atoms with Crippen molar-refractivity contribution in [2.75, 3.05) is 13.1 Å². The topological polar surface area (TPSA) is 471 Å². The van der Waals surface area contributed by atoms with Gasteiger partial charge in [-0.25, -0.2) is 4.79 Å². The fourth-order valence-corrected chi connectivity index (χ4v) is 13.4. The van der Waals surface area contributed by atoms with E-state index in [1.807, 2.05) is 19.9 Å². The zero-order valence-corrected chi connectivity index (χ0v) is 71.3. The van der Waals surface area contributed by atoms with Crippen LogP contribution in [0.15, 0.2) is 72.4 Å². The van der Waals surface area contributed by atoms with Crippen LogP contribution >= 0.6 is 0 Å². The zero-order chi connectivity index (χ0) is 87.1. The summed E-state index contributed by atoms with van der Waals surface area (Å²) in [5, 5.41) is 46.3. The quantitative estimate of drug-likeness (QED) is 0.0341. The zero-order valence-electron chi connectivity index (χ0n) is 71.3. The number of nitrogens with zero attached hydrogens (tertiary/aromatic N) is 1. The first-order valence-corrected chi connectivity index (χ1v) is 41.2. The van der Waals surface area contributed by atoms with Crippen molar-refractivity contribution in [2.45, 2.75) is 293 Å². The van der Waals surface area contributed by atoms with Crippen LogP contribution in [0.25, 0.3) is 0 Å². The van der Waals surface area contributed by atoms with E-state index in [0.29, 0.717) is 24.8 Å². The number of amides is 14. The summed E-state index contributed by atoms with van der Waals surface area (Å²) in [6, 6.07) is -0.296. The van der Waals surface area contributed by atoms with Crippen molar-refractivity contribution in [3.8, 4) is 0 Å². The first-order chi connectivity index (χ1) is 54.6. The summed E-state index contributed by atoms with van der Waals surface area (Å²) in [5.74, 6) is -16.5. The Bertz CT molecular complexity index is 3690. The van der Waals surface area contributed by atoms with Gasteiger partial charge in [0.2, 0.25) is 76.8 Å². The van der Waals surface area contributed by atoms with Gasteiger partial charge in [0.1, 0.15) is 90.3 Å². The molecule has 0 saturated carbocycles. The molecule has 4 unspecified atom stereocenters. The lowest BCUT2D eigenvalue weighted by molar-refractivity contribution is -0.157. The maximum absolute atomic E-state index is 15.1. The number of hydrogen-bond acceptors (Lipinski definition) is 18. The van der Waals surface area contributed by atoms with E-state index in [1.165, 1.54) is 31.7 Å². The van der Waals surface area contributed by atoms with Crippen molar-refractivity contribution in [2.24, 2.45) is 53.1 Å². The highest BCUT2D eigenvalue weighted by Crippen LogP contribution is 2.24. The second-order valence-corrected chi connectivity index (χ2v) is 32.7. The van der Waals surface area contributed by atoms with Gasteiger partial charge in [-0.1, -0.05) is 197 Å². The van der Waals surface area contributed by atoms with Crippen molar-refractivity contribution in [3.63, 3.8) is 0 Å². The molecule has 32 heteroatoms. The van der Waals surface area contributed by atoms with Crippen molar-refractivity contribution in [3.05, 3.63) is 83.6 Å². The van der Waals surface area contributed by atoms with Gasteiger partial charge < -0.3 is 89.6 Å². The third kappa shape index (κ3) is 29.7.